The van der Waals surface area contributed by atoms with Gasteiger partial charge in [0, 0.05) is 23.4 Å². The summed E-state index contributed by atoms with van der Waals surface area (Å²) in [5, 5.41) is 0. The largest absolute Gasteiger partial charge is 0.402 e. The van der Waals surface area contributed by atoms with Gasteiger partial charge in [-0.2, -0.15) is 8.42 Å². The molecule has 0 heterocycles. The Morgan fingerprint density at radius 3 is 2.24 bits per heavy atom. The van der Waals surface area contributed by atoms with Crippen LogP contribution < -0.4 is 11.5 Å². The molecule has 0 unspecified atom stereocenters. The van der Waals surface area contributed by atoms with E-state index in [-0.39, 0.29) is 6.42 Å². The minimum atomic E-state index is -2.26. The molecule has 1 aromatic carbocycles. The average molecular weight is 248 g/mol. The van der Waals surface area contributed by atoms with E-state index in [4.69, 9.17) is 11.5 Å². The van der Waals surface area contributed by atoms with E-state index >= 15 is 0 Å². The minimum Gasteiger partial charge on any atom is -0.402 e. The molecule has 0 saturated carbocycles. The van der Waals surface area contributed by atoms with Gasteiger partial charge in [-0.1, -0.05) is 18.2 Å². The van der Waals surface area contributed by atoms with E-state index in [1.54, 1.807) is 36.4 Å². The number of rotatable bonds is 1. The maximum Gasteiger partial charge on any atom is 0.218 e. The summed E-state index contributed by atoms with van der Waals surface area (Å²) in [4.78, 5) is 0.315. The van der Waals surface area contributed by atoms with Gasteiger partial charge in [0.05, 0.1) is 4.86 Å². The molecule has 0 amide bonds. The van der Waals surface area contributed by atoms with Crippen LogP contribution in [0.1, 0.15) is 12.0 Å². The lowest BCUT2D eigenvalue weighted by molar-refractivity contribution is 0.627. The third-order valence-corrected chi connectivity index (χ3v) is 3.32. The van der Waals surface area contributed by atoms with Crippen LogP contribution in [0.2, 0.25) is 0 Å². The molecular weight excluding hydrogens is 236 g/mol. The second kappa shape index (κ2) is 4.47. The summed E-state index contributed by atoms with van der Waals surface area (Å²) in [7, 11) is -2.26. The van der Waals surface area contributed by atoms with E-state index in [9.17, 15) is 8.42 Å². The summed E-state index contributed by atoms with van der Waals surface area (Å²) in [6.45, 7) is 0. The molecular formula is C12H12N2O2S. The molecule has 0 atom stereocenters. The number of anilines is 1. The zero-order valence-electron chi connectivity index (χ0n) is 9.05. The van der Waals surface area contributed by atoms with Crippen molar-refractivity contribution >= 4 is 26.4 Å². The van der Waals surface area contributed by atoms with Gasteiger partial charge in [-0.15, -0.1) is 0 Å². The highest BCUT2D eigenvalue weighted by Crippen LogP contribution is 2.23. The van der Waals surface area contributed by atoms with E-state index < -0.39 is 10.3 Å². The van der Waals surface area contributed by atoms with Gasteiger partial charge < -0.3 is 11.5 Å². The molecule has 1 aliphatic rings. The first-order chi connectivity index (χ1) is 8.08. The number of hydrogen-bond acceptors (Lipinski definition) is 4. The smallest absolute Gasteiger partial charge is 0.218 e. The molecule has 0 radical (unpaired) electrons. The van der Waals surface area contributed by atoms with E-state index in [1.807, 2.05) is 0 Å². The third-order valence-electron chi connectivity index (χ3n) is 2.55. The van der Waals surface area contributed by atoms with E-state index in [0.717, 1.165) is 5.56 Å². The van der Waals surface area contributed by atoms with Gasteiger partial charge in [-0.25, -0.2) is 0 Å². The molecule has 1 aliphatic carbocycles. The minimum absolute atomic E-state index is 0.256. The number of allylic oxidation sites excluding steroid dienone is 4. The first-order valence-electron chi connectivity index (χ1n) is 5.05. The van der Waals surface area contributed by atoms with Crippen LogP contribution in [-0.4, -0.2) is 13.3 Å². The van der Waals surface area contributed by atoms with Crippen LogP contribution in [0.5, 0.6) is 0 Å². The van der Waals surface area contributed by atoms with Crippen molar-refractivity contribution in [2.75, 3.05) is 5.73 Å². The van der Waals surface area contributed by atoms with Crippen molar-refractivity contribution in [1.82, 2.24) is 0 Å². The Bertz CT molecular complexity index is 630. The fourth-order valence-electron chi connectivity index (χ4n) is 1.69. The van der Waals surface area contributed by atoms with Gasteiger partial charge in [0.25, 0.3) is 0 Å². The predicted octanol–water partition coefficient (Wildman–Crippen LogP) is 0.950. The Kier molecular flexibility index (Phi) is 3.01. The lowest BCUT2D eigenvalue weighted by atomic mass is 9.96. The lowest BCUT2D eigenvalue weighted by Crippen LogP contribution is -2.13. The van der Waals surface area contributed by atoms with Crippen molar-refractivity contribution in [3.8, 4) is 0 Å². The first-order valence-corrected chi connectivity index (χ1v) is 6.13. The summed E-state index contributed by atoms with van der Waals surface area (Å²) in [6.07, 6.45) is 3.70. The Morgan fingerprint density at radius 2 is 1.65 bits per heavy atom. The van der Waals surface area contributed by atoms with Crippen molar-refractivity contribution in [2.45, 2.75) is 6.42 Å². The fraction of sp³-hybridized carbons (Fsp3) is 0.0833. The predicted molar refractivity (Wildman–Crippen MR) is 69.6 cm³/mol. The SMILES string of the molecule is NC1=CC=C(c2ccc(N)cc2)C(=S(=O)=O)C1. The van der Waals surface area contributed by atoms with Crippen molar-refractivity contribution in [1.29, 1.82) is 0 Å². The molecule has 5 heteroatoms. The molecule has 0 fully saturated rings. The van der Waals surface area contributed by atoms with Crippen LogP contribution in [0.3, 0.4) is 0 Å². The first kappa shape index (κ1) is 11.5. The quantitative estimate of drug-likeness (QED) is 0.572. The van der Waals surface area contributed by atoms with Gasteiger partial charge in [0.1, 0.15) is 0 Å². The Labute approximate surface area is 101 Å². The van der Waals surface area contributed by atoms with Crippen LogP contribution in [0.15, 0.2) is 42.1 Å². The highest BCUT2D eigenvalue weighted by atomic mass is 32.2. The second-order valence-corrected chi connectivity index (χ2v) is 4.74. The van der Waals surface area contributed by atoms with Gasteiger partial charge in [-0.05, 0) is 23.8 Å². The maximum atomic E-state index is 11.2. The van der Waals surface area contributed by atoms with Crippen LogP contribution in [0, 0.1) is 0 Å². The fourth-order valence-corrected chi connectivity index (χ4v) is 2.34. The molecule has 0 aliphatic heterocycles. The molecule has 4 N–H and O–H groups in total. The average Bonchev–Trinajstić information content (AvgIpc) is 2.30. The molecule has 0 saturated heterocycles. The van der Waals surface area contributed by atoms with Crippen LogP contribution in [-0.2, 0) is 10.3 Å². The van der Waals surface area contributed by atoms with Gasteiger partial charge in [-0.3, -0.25) is 0 Å². The number of nitrogens with two attached hydrogens (primary N) is 2. The lowest BCUT2D eigenvalue weighted by Gasteiger charge is -2.13. The molecule has 2 rings (SSSR count). The standard InChI is InChI=1S/C12H12N2O2S/c13-9-3-1-8(2-4-9)11-6-5-10(14)7-12(11)17(15)16/h1-6H,7,13-14H2. The van der Waals surface area contributed by atoms with Crippen LogP contribution in [0.4, 0.5) is 5.69 Å². The Morgan fingerprint density at radius 1 is 1.00 bits per heavy atom. The van der Waals surface area contributed by atoms with Crippen molar-refractivity contribution in [2.24, 2.45) is 5.73 Å². The summed E-state index contributed by atoms with van der Waals surface area (Å²) >= 11 is 0. The Hall–Kier alpha value is -2.01. The molecule has 4 nitrogen and oxygen atoms in total. The topological polar surface area (TPSA) is 86.2 Å². The molecule has 88 valence electrons. The molecule has 0 bridgehead atoms. The molecule has 0 aromatic heterocycles. The summed E-state index contributed by atoms with van der Waals surface area (Å²) in [5.74, 6) is 0. The molecule has 17 heavy (non-hydrogen) atoms. The maximum absolute atomic E-state index is 11.2. The van der Waals surface area contributed by atoms with E-state index in [2.05, 4.69) is 0 Å². The van der Waals surface area contributed by atoms with E-state index in [1.165, 1.54) is 0 Å². The number of hydrogen-bond donors (Lipinski definition) is 2. The van der Waals surface area contributed by atoms with Gasteiger partial charge in [0.15, 0.2) is 0 Å². The van der Waals surface area contributed by atoms with Gasteiger partial charge in [0.2, 0.25) is 10.3 Å². The Balaban J connectivity index is 2.56. The highest BCUT2D eigenvalue weighted by molar-refractivity contribution is 7.74. The van der Waals surface area contributed by atoms with Crippen LogP contribution >= 0.6 is 0 Å². The van der Waals surface area contributed by atoms with Crippen molar-refractivity contribution < 1.29 is 8.42 Å². The van der Waals surface area contributed by atoms with Crippen LogP contribution in [0.25, 0.3) is 5.57 Å². The number of benzene rings is 1. The van der Waals surface area contributed by atoms with Crippen molar-refractivity contribution in [3.63, 3.8) is 0 Å². The molecule has 0 spiro atoms. The zero-order valence-corrected chi connectivity index (χ0v) is 9.87. The van der Waals surface area contributed by atoms with E-state index in [0.29, 0.717) is 21.8 Å². The second-order valence-electron chi connectivity index (χ2n) is 3.78. The third kappa shape index (κ3) is 2.39. The normalized spacial score (nSPS) is 15.2. The summed E-state index contributed by atoms with van der Waals surface area (Å²) in [6, 6.07) is 7.07. The number of nitrogen functional groups attached to an aromatic ring is 1. The summed E-state index contributed by atoms with van der Waals surface area (Å²) < 4.78 is 22.3. The monoisotopic (exact) mass is 248 g/mol. The summed E-state index contributed by atoms with van der Waals surface area (Å²) in [5.41, 5.74) is 13.9. The van der Waals surface area contributed by atoms with Gasteiger partial charge >= 0.3 is 0 Å². The van der Waals surface area contributed by atoms with Crippen molar-refractivity contribution in [3.05, 3.63) is 47.7 Å². The highest BCUT2D eigenvalue weighted by Gasteiger charge is 2.15. The zero-order chi connectivity index (χ0) is 12.4. The molecule has 1 aromatic rings.